The number of aromatic nitrogens is 2. The molecule has 0 saturated carbocycles. The van der Waals surface area contributed by atoms with E-state index >= 15 is 0 Å². The first-order valence-electron chi connectivity index (χ1n) is 6.71. The zero-order valence-corrected chi connectivity index (χ0v) is 11.9. The molecule has 2 heterocycles. The van der Waals surface area contributed by atoms with Crippen LogP contribution in [0.1, 0.15) is 43.6 Å². The summed E-state index contributed by atoms with van der Waals surface area (Å²) in [6.07, 6.45) is 1.88. The van der Waals surface area contributed by atoms with Gasteiger partial charge in [0.2, 0.25) is 0 Å². The lowest BCUT2D eigenvalue weighted by Crippen LogP contribution is -2.14. The van der Waals surface area contributed by atoms with Gasteiger partial charge in [-0.2, -0.15) is 4.98 Å². The molecule has 0 amide bonds. The van der Waals surface area contributed by atoms with Gasteiger partial charge in [0.1, 0.15) is 5.75 Å². The summed E-state index contributed by atoms with van der Waals surface area (Å²) in [5, 5.41) is 8.00. The Morgan fingerprint density at radius 2 is 2.40 bits per heavy atom. The highest BCUT2D eigenvalue weighted by Crippen LogP contribution is 2.25. The van der Waals surface area contributed by atoms with Crippen LogP contribution in [0.25, 0.3) is 0 Å². The Kier molecular flexibility index (Phi) is 3.89. The van der Waals surface area contributed by atoms with Gasteiger partial charge in [0, 0.05) is 5.02 Å². The van der Waals surface area contributed by atoms with Gasteiger partial charge < -0.3 is 14.6 Å². The topological polar surface area (TPSA) is 60.2 Å². The summed E-state index contributed by atoms with van der Waals surface area (Å²) in [5.74, 6) is 1.87. The minimum atomic E-state index is -0.309. The maximum atomic E-state index is 5.92. The Labute approximate surface area is 122 Å². The number of hydrogen-bond acceptors (Lipinski definition) is 5. The van der Waals surface area contributed by atoms with Gasteiger partial charge in [0.15, 0.2) is 11.9 Å². The molecule has 1 N–H and O–H groups in total. The zero-order valence-electron chi connectivity index (χ0n) is 11.2. The van der Waals surface area contributed by atoms with Crippen molar-refractivity contribution < 1.29 is 9.26 Å². The first kappa shape index (κ1) is 13.4. The summed E-state index contributed by atoms with van der Waals surface area (Å²) in [4.78, 5) is 4.41. The van der Waals surface area contributed by atoms with Crippen molar-refractivity contribution in [3.8, 4) is 5.75 Å². The fraction of sp³-hybridized carbons (Fsp3) is 0.429. The van der Waals surface area contributed by atoms with Gasteiger partial charge >= 0.3 is 0 Å². The molecular formula is C14H16ClN3O2. The lowest BCUT2D eigenvalue weighted by molar-refractivity contribution is 0.175. The summed E-state index contributed by atoms with van der Waals surface area (Å²) < 4.78 is 11.0. The smallest absolute Gasteiger partial charge is 0.267 e. The third kappa shape index (κ3) is 2.94. The van der Waals surface area contributed by atoms with Crippen LogP contribution in [0.3, 0.4) is 0 Å². The van der Waals surface area contributed by atoms with Gasteiger partial charge in [-0.05, 0) is 44.5 Å². The largest absolute Gasteiger partial charge is 0.481 e. The van der Waals surface area contributed by atoms with E-state index in [1.54, 1.807) is 12.1 Å². The number of rotatable bonds is 4. The standard InChI is InChI=1S/C14H16ClN3O2/c1-9(19-11-5-2-4-10(15)8-11)14-17-13(18-20-14)12-6-3-7-16-12/h2,4-5,8-9,12,16H,3,6-7H2,1H3. The number of halogens is 1. The average Bonchev–Trinajstić information content (AvgIpc) is 3.10. The van der Waals surface area contributed by atoms with Gasteiger partial charge in [-0.3, -0.25) is 0 Å². The maximum Gasteiger partial charge on any atom is 0.267 e. The van der Waals surface area contributed by atoms with Crippen molar-refractivity contribution in [2.75, 3.05) is 6.54 Å². The summed E-state index contributed by atoms with van der Waals surface area (Å²) in [6.45, 7) is 2.88. The summed E-state index contributed by atoms with van der Waals surface area (Å²) in [5.41, 5.74) is 0. The van der Waals surface area contributed by atoms with Crippen LogP contribution in [-0.4, -0.2) is 16.7 Å². The predicted octanol–water partition coefficient (Wildman–Crippen LogP) is 3.29. The minimum Gasteiger partial charge on any atom is -0.481 e. The molecular weight excluding hydrogens is 278 g/mol. The Morgan fingerprint density at radius 1 is 1.50 bits per heavy atom. The Morgan fingerprint density at radius 3 is 3.15 bits per heavy atom. The molecule has 2 atom stereocenters. The van der Waals surface area contributed by atoms with Crippen LogP contribution in [0.5, 0.6) is 5.75 Å². The Bertz CT molecular complexity index is 581. The van der Waals surface area contributed by atoms with E-state index in [4.69, 9.17) is 20.9 Å². The molecule has 0 aliphatic carbocycles. The molecule has 0 bridgehead atoms. The van der Waals surface area contributed by atoms with Crippen molar-refractivity contribution in [3.05, 3.63) is 41.0 Å². The fourth-order valence-corrected chi connectivity index (χ4v) is 2.43. The quantitative estimate of drug-likeness (QED) is 0.937. The molecule has 5 nitrogen and oxygen atoms in total. The van der Waals surface area contributed by atoms with E-state index in [2.05, 4.69) is 15.5 Å². The molecule has 0 radical (unpaired) electrons. The second kappa shape index (κ2) is 5.81. The second-order valence-corrected chi connectivity index (χ2v) is 5.29. The maximum absolute atomic E-state index is 5.92. The van der Waals surface area contributed by atoms with Crippen LogP contribution in [-0.2, 0) is 0 Å². The molecule has 1 saturated heterocycles. The van der Waals surface area contributed by atoms with Gasteiger partial charge in [-0.15, -0.1) is 0 Å². The number of hydrogen-bond donors (Lipinski definition) is 1. The zero-order chi connectivity index (χ0) is 13.9. The van der Waals surface area contributed by atoms with Crippen LogP contribution in [0.15, 0.2) is 28.8 Å². The van der Waals surface area contributed by atoms with E-state index in [0.717, 1.165) is 19.4 Å². The van der Waals surface area contributed by atoms with E-state index in [1.807, 2.05) is 19.1 Å². The highest BCUT2D eigenvalue weighted by Gasteiger charge is 2.24. The van der Waals surface area contributed by atoms with Crippen LogP contribution < -0.4 is 10.1 Å². The molecule has 6 heteroatoms. The van der Waals surface area contributed by atoms with Gasteiger partial charge in [-0.25, -0.2) is 0 Å². The average molecular weight is 294 g/mol. The molecule has 20 heavy (non-hydrogen) atoms. The molecule has 1 aromatic carbocycles. The first-order valence-corrected chi connectivity index (χ1v) is 7.09. The fourth-order valence-electron chi connectivity index (χ4n) is 2.25. The molecule has 1 aromatic heterocycles. The predicted molar refractivity (Wildman–Crippen MR) is 74.8 cm³/mol. The molecule has 1 aliphatic heterocycles. The molecule has 0 spiro atoms. The van der Waals surface area contributed by atoms with Gasteiger partial charge in [0.25, 0.3) is 5.89 Å². The van der Waals surface area contributed by atoms with Crippen molar-refractivity contribution >= 4 is 11.6 Å². The van der Waals surface area contributed by atoms with Gasteiger partial charge in [0.05, 0.1) is 6.04 Å². The third-order valence-corrected chi connectivity index (χ3v) is 3.52. The van der Waals surface area contributed by atoms with E-state index < -0.39 is 0 Å². The third-order valence-electron chi connectivity index (χ3n) is 3.29. The van der Waals surface area contributed by atoms with Crippen LogP contribution in [0.4, 0.5) is 0 Å². The molecule has 1 fully saturated rings. The Balaban J connectivity index is 1.69. The van der Waals surface area contributed by atoms with Gasteiger partial charge in [-0.1, -0.05) is 22.8 Å². The van der Waals surface area contributed by atoms with Crippen LogP contribution in [0.2, 0.25) is 5.02 Å². The molecule has 106 valence electrons. The lowest BCUT2D eigenvalue weighted by Gasteiger charge is -2.10. The lowest BCUT2D eigenvalue weighted by atomic mass is 10.2. The number of nitrogens with one attached hydrogen (secondary N) is 1. The van der Waals surface area contributed by atoms with Crippen LogP contribution >= 0.6 is 11.6 Å². The van der Waals surface area contributed by atoms with E-state index in [9.17, 15) is 0 Å². The summed E-state index contributed by atoms with van der Waals surface area (Å²) in [6, 6.07) is 7.44. The number of ether oxygens (including phenoxy) is 1. The SMILES string of the molecule is CC(Oc1cccc(Cl)c1)c1nc(C2CCCN2)no1. The monoisotopic (exact) mass is 293 g/mol. The highest BCUT2D eigenvalue weighted by molar-refractivity contribution is 6.30. The van der Waals surface area contributed by atoms with Crippen molar-refractivity contribution in [1.82, 2.24) is 15.5 Å². The molecule has 1 aliphatic rings. The Hall–Kier alpha value is -1.59. The molecule has 2 unspecified atom stereocenters. The summed E-state index contributed by atoms with van der Waals surface area (Å²) >= 11 is 5.92. The van der Waals surface area contributed by atoms with Crippen molar-refractivity contribution in [3.63, 3.8) is 0 Å². The van der Waals surface area contributed by atoms with E-state index in [0.29, 0.717) is 22.5 Å². The number of benzene rings is 1. The first-order chi connectivity index (χ1) is 9.72. The minimum absolute atomic E-state index is 0.200. The second-order valence-electron chi connectivity index (χ2n) is 4.86. The van der Waals surface area contributed by atoms with Crippen molar-refractivity contribution in [1.29, 1.82) is 0 Å². The normalized spacial score (nSPS) is 20.0. The highest BCUT2D eigenvalue weighted by atomic mass is 35.5. The van der Waals surface area contributed by atoms with Crippen LogP contribution in [0, 0.1) is 0 Å². The van der Waals surface area contributed by atoms with Crippen molar-refractivity contribution in [2.24, 2.45) is 0 Å². The summed E-state index contributed by atoms with van der Waals surface area (Å²) in [7, 11) is 0. The molecule has 3 rings (SSSR count). The number of nitrogens with zero attached hydrogens (tertiary/aromatic N) is 2. The van der Waals surface area contributed by atoms with E-state index in [1.165, 1.54) is 0 Å². The van der Waals surface area contributed by atoms with E-state index in [-0.39, 0.29) is 12.1 Å². The van der Waals surface area contributed by atoms with Crippen molar-refractivity contribution in [2.45, 2.75) is 31.9 Å². The molecule has 2 aromatic rings.